The molecule has 0 fully saturated rings. The van der Waals surface area contributed by atoms with Gasteiger partial charge in [-0.15, -0.1) is 11.3 Å². The molecule has 0 unspecified atom stereocenters. The third-order valence-electron chi connectivity index (χ3n) is 6.11. The van der Waals surface area contributed by atoms with E-state index in [2.05, 4.69) is 0 Å². The van der Waals surface area contributed by atoms with Crippen molar-refractivity contribution in [1.82, 2.24) is 9.13 Å². The Kier molecular flexibility index (Phi) is 5.97. The van der Waals surface area contributed by atoms with Crippen LogP contribution in [0, 0.1) is 0 Å². The second-order valence-corrected chi connectivity index (χ2v) is 10.1. The van der Waals surface area contributed by atoms with Crippen LogP contribution in [0.2, 0.25) is 10.0 Å². The Hall–Kier alpha value is -2.34. The van der Waals surface area contributed by atoms with Crippen LogP contribution in [-0.4, -0.2) is 9.13 Å². The fraction of sp³-hybridized carbons (Fsp3) is 0.280. The zero-order valence-corrected chi connectivity index (χ0v) is 19.8. The minimum absolute atomic E-state index is 0.161. The number of benzene rings is 2. The van der Waals surface area contributed by atoms with E-state index in [0.717, 1.165) is 52.6 Å². The summed E-state index contributed by atoms with van der Waals surface area (Å²) in [6.07, 6.45) is 4.70. The Morgan fingerprint density at radius 3 is 2.44 bits per heavy atom. The molecule has 5 rings (SSSR count). The van der Waals surface area contributed by atoms with Crippen LogP contribution in [0.4, 0.5) is 0 Å². The van der Waals surface area contributed by atoms with E-state index in [9.17, 15) is 9.59 Å². The maximum atomic E-state index is 13.6. The Morgan fingerprint density at radius 1 is 0.875 bits per heavy atom. The van der Waals surface area contributed by atoms with Gasteiger partial charge in [0.25, 0.3) is 5.56 Å². The lowest BCUT2D eigenvalue weighted by Gasteiger charge is -2.14. The highest BCUT2D eigenvalue weighted by molar-refractivity contribution is 7.18. The van der Waals surface area contributed by atoms with Crippen LogP contribution in [0.15, 0.2) is 58.1 Å². The largest absolute Gasteiger partial charge is 0.332 e. The first-order chi connectivity index (χ1) is 15.5. The number of hydrogen-bond donors (Lipinski definition) is 0. The van der Waals surface area contributed by atoms with Crippen molar-refractivity contribution in [3.05, 3.63) is 101 Å². The minimum Gasteiger partial charge on any atom is -0.280 e. The van der Waals surface area contributed by atoms with Crippen LogP contribution in [0.5, 0.6) is 0 Å². The van der Waals surface area contributed by atoms with Gasteiger partial charge in [0.2, 0.25) is 0 Å². The molecule has 32 heavy (non-hydrogen) atoms. The second kappa shape index (κ2) is 8.89. The molecule has 0 radical (unpaired) electrons. The molecule has 0 N–H and O–H groups in total. The van der Waals surface area contributed by atoms with E-state index in [-0.39, 0.29) is 11.2 Å². The van der Waals surface area contributed by atoms with Crippen LogP contribution in [0.3, 0.4) is 0 Å². The molecule has 0 aliphatic heterocycles. The van der Waals surface area contributed by atoms with Crippen molar-refractivity contribution in [2.24, 2.45) is 0 Å². The number of aromatic nitrogens is 2. The van der Waals surface area contributed by atoms with E-state index in [0.29, 0.717) is 29.6 Å². The number of aryl methyl sites for hydroxylation is 3. The minimum atomic E-state index is -0.275. The van der Waals surface area contributed by atoms with Gasteiger partial charge in [0, 0.05) is 11.4 Å². The van der Waals surface area contributed by atoms with E-state index >= 15 is 0 Å². The zero-order valence-electron chi connectivity index (χ0n) is 17.4. The molecule has 0 atom stereocenters. The lowest BCUT2D eigenvalue weighted by atomic mass is 9.97. The summed E-state index contributed by atoms with van der Waals surface area (Å²) in [5.41, 5.74) is 2.68. The summed E-state index contributed by atoms with van der Waals surface area (Å²) >= 11 is 13.9. The SMILES string of the molecule is O=c1c2c3c(sc2n(Cc2ccc(Cl)c(Cl)c2)c(=O)n1CCc1ccccc1)CCCC3. The number of halogens is 2. The van der Waals surface area contributed by atoms with E-state index in [4.69, 9.17) is 23.2 Å². The van der Waals surface area contributed by atoms with Gasteiger partial charge in [-0.1, -0.05) is 59.6 Å². The van der Waals surface area contributed by atoms with E-state index in [1.54, 1.807) is 28.0 Å². The highest BCUT2D eigenvalue weighted by Gasteiger charge is 2.23. The monoisotopic (exact) mass is 484 g/mol. The molecule has 0 saturated carbocycles. The first-order valence-electron chi connectivity index (χ1n) is 10.8. The average molecular weight is 485 g/mol. The molecule has 1 aliphatic carbocycles. The predicted octanol–water partition coefficient (Wildman–Crippen LogP) is 5.70. The Labute approximate surface area is 199 Å². The van der Waals surface area contributed by atoms with Gasteiger partial charge in [0.15, 0.2) is 0 Å². The number of rotatable bonds is 5. The van der Waals surface area contributed by atoms with E-state index < -0.39 is 0 Å². The molecule has 0 saturated heterocycles. The topological polar surface area (TPSA) is 44.0 Å². The third-order valence-corrected chi connectivity index (χ3v) is 8.16. The van der Waals surface area contributed by atoms with Gasteiger partial charge < -0.3 is 0 Å². The highest BCUT2D eigenvalue weighted by Crippen LogP contribution is 2.34. The third kappa shape index (κ3) is 3.94. The molecule has 0 bridgehead atoms. The number of hydrogen-bond acceptors (Lipinski definition) is 3. The molecule has 164 valence electrons. The molecule has 0 spiro atoms. The van der Waals surface area contributed by atoms with Crippen molar-refractivity contribution >= 4 is 44.8 Å². The molecular formula is C25H22Cl2N2O2S. The normalized spacial score (nSPS) is 13.4. The van der Waals surface area contributed by atoms with Crippen molar-refractivity contribution in [2.45, 2.75) is 45.2 Å². The van der Waals surface area contributed by atoms with Crippen LogP contribution >= 0.6 is 34.5 Å². The summed E-state index contributed by atoms with van der Waals surface area (Å²) in [5, 5.41) is 1.65. The first kappa shape index (κ1) is 21.5. The summed E-state index contributed by atoms with van der Waals surface area (Å²) in [4.78, 5) is 29.1. The average Bonchev–Trinajstić information content (AvgIpc) is 3.19. The van der Waals surface area contributed by atoms with Crippen molar-refractivity contribution < 1.29 is 0 Å². The zero-order chi connectivity index (χ0) is 22.2. The predicted molar refractivity (Wildman–Crippen MR) is 133 cm³/mol. The maximum absolute atomic E-state index is 13.6. The van der Waals surface area contributed by atoms with Crippen LogP contribution in [-0.2, 0) is 32.4 Å². The molecule has 2 heterocycles. The molecule has 1 aliphatic rings. The van der Waals surface area contributed by atoms with Gasteiger partial charge >= 0.3 is 5.69 Å². The fourth-order valence-corrected chi connectivity index (χ4v) is 6.15. The lowest BCUT2D eigenvalue weighted by molar-refractivity contribution is 0.590. The van der Waals surface area contributed by atoms with Crippen LogP contribution in [0.1, 0.15) is 34.4 Å². The summed E-state index contributed by atoms with van der Waals surface area (Å²) in [7, 11) is 0. The van der Waals surface area contributed by atoms with E-state index in [1.807, 2.05) is 36.4 Å². The van der Waals surface area contributed by atoms with Gasteiger partial charge in [0.05, 0.1) is 22.0 Å². The van der Waals surface area contributed by atoms with Crippen molar-refractivity contribution in [3.63, 3.8) is 0 Å². The summed E-state index contributed by atoms with van der Waals surface area (Å²) in [5.74, 6) is 0. The van der Waals surface area contributed by atoms with Gasteiger partial charge in [0.1, 0.15) is 4.83 Å². The number of nitrogens with zero attached hydrogens (tertiary/aromatic N) is 2. The molecule has 2 aromatic carbocycles. The maximum Gasteiger partial charge on any atom is 0.332 e. The van der Waals surface area contributed by atoms with Gasteiger partial charge in [-0.2, -0.15) is 0 Å². The highest BCUT2D eigenvalue weighted by atomic mass is 35.5. The fourth-order valence-electron chi connectivity index (χ4n) is 4.46. The van der Waals surface area contributed by atoms with Crippen molar-refractivity contribution in [2.75, 3.05) is 0 Å². The van der Waals surface area contributed by atoms with Crippen LogP contribution < -0.4 is 11.2 Å². The molecule has 0 amide bonds. The van der Waals surface area contributed by atoms with Crippen LogP contribution in [0.25, 0.3) is 10.2 Å². The molecule has 4 nitrogen and oxygen atoms in total. The molecule has 7 heteroatoms. The standard InChI is InChI=1S/C25H22Cl2N2O2S/c26-19-11-10-17(14-20(19)27)15-29-24-22(18-8-4-5-9-21(18)32-24)23(30)28(25(29)31)13-12-16-6-2-1-3-7-16/h1-3,6-7,10-11,14H,4-5,8-9,12-13,15H2. The molecule has 4 aromatic rings. The Bertz CT molecular complexity index is 1420. The van der Waals surface area contributed by atoms with Gasteiger partial charge in [-0.25, -0.2) is 4.79 Å². The second-order valence-electron chi connectivity index (χ2n) is 8.20. The van der Waals surface area contributed by atoms with Crippen molar-refractivity contribution in [1.29, 1.82) is 0 Å². The summed E-state index contributed by atoms with van der Waals surface area (Å²) < 4.78 is 3.15. The summed E-state index contributed by atoms with van der Waals surface area (Å²) in [6.45, 7) is 0.695. The van der Waals surface area contributed by atoms with Gasteiger partial charge in [-0.05, 0) is 60.9 Å². The van der Waals surface area contributed by atoms with E-state index in [1.165, 1.54) is 9.44 Å². The Morgan fingerprint density at radius 2 is 1.66 bits per heavy atom. The van der Waals surface area contributed by atoms with Crippen molar-refractivity contribution in [3.8, 4) is 0 Å². The number of thiophene rings is 1. The summed E-state index contributed by atoms with van der Waals surface area (Å²) in [6, 6.07) is 15.3. The van der Waals surface area contributed by atoms with Gasteiger partial charge in [-0.3, -0.25) is 13.9 Å². The Balaban J connectivity index is 1.66. The molecular weight excluding hydrogens is 463 g/mol. The first-order valence-corrected chi connectivity index (χ1v) is 12.4. The number of fused-ring (bicyclic) bond motifs is 3. The molecule has 2 aromatic heterocycles. The lowest BCUT2D eigenvalue weighted by Crippen LogP contribution is -2.40. The quantitative estimate of drug-likeness (QED) is 0.364. The smallest absolute Gasteiger partial charge is 0.280 e.